The average molecular weight is 292 g/mol. The molecule has 1 aromatic heterocycles. The molecule has 0 atom stereocenters. The van der Waals surface area contributed by atoms with Gasteiger partial charge in [-0.2, -0.15) is 0 Å². The summed E-state index contributed by atoms with van der Waals surface area (Å²) in [4.78, 5) is 18.0. The quantitative estimate of drug-likeness (QED) is 0.810. The molecule has 3 rings (SSSR count). The Morgan fingerprint density at radius 2 is 2.30 bits per heavy atom. The second kappa shape index (κ2) is 5.28. The van der Waals surface area contributed by atoms with E-state index in [4.69, 9.17) is 9.47 Å². The first-order valence-corrected chi connectivity index (χ1v) is 7.41. The van der Waals surface area contributed by atoms with Crippen molar-refractivity contribution >= 4 is 32.7 Å². The van der Waals surface area contributed by atoms with Gasteiger partial charge >= 0.3 is 5.97 Å². The molecule has 2 heterocycles. The second-order valence-corrected chi connectivity index (χ2v) is 5.68. The van der Waals surface area contributed by atoms with Crippen LogP contribution in [0.4, 0.5) is 5.13 Å². The minimum absolute atomic E-state index is 0.00337. The summed E-state index contributed by atoms with van der Waals surface area (Å²) in [6, 6.07) is 5.91. The van der Waals surface area contributed by atoms with E-state index < -0.39 is 0 Å². The first-order valence-electron chi connectivity index (χ1n) is 6.59. The molecule has 5 nitrogen and oxygen atoms in total. The van der Waals surface area contributed by atoms with Gasteiger partial charge in [-0.15, -0.1) is 0 Å². The third-order valence-electron chi connectivity index (χ3n) is 3.30. The van der Waals surface area contributed by atoms with Crippen molar-refractivity contribution in [3.05, 3.63) is 18.2 Å². The van der Waals surface area contributed by atoms with Crippen LogP contribution in [-0.4, -0.2) is 37.3 Å². The first kappa shape index (κ1) is 13.2. The number of rotatable bonds is 4. The highest BCUT2D eigenvalue weighted by Gasteiger charge is 2.31. The maximum atomic E-state index is 11.2. The normalized spacial score (nSPS) is 15.2. The summed E-state index contributed by atoms with van der Waals surface area (Å²) in [7, 11) is 1.65. The summed E-state index contributed by atoms with van der Waals surface area (Å²) < 4.78 is 11.7. The lowest BCUT2D eigenvalue weighted by molar-refractivity contribution is -0.149. The van der Waals surface area contributed by atoms with Crippen LogP contribution in [0.1, 0.15) is 13.3 Å². The van der Waals surface area contributed by atoms with Crippen LogP contribution >= 0.6 is 11.3 Å². The van der Waals surface area contributed by atoms with Crippen molar-refractivity contribution in [2.75, 3.05) is 25.1 Å². The predicted molar refractivity (Wildman–Crippen MR) is 78.6 cm³/mol. The molecule has 106 valence electrons. The Balaban J connectivity index is 1.72. The second-order valence-electron chi connectivity index (χ2n) is 4.67. The Kier molecular flexibility index (Phi) is 3.48. The smallest absolute Gasteiger partial charge is 0.305 e. The fraction of sp³-hybridized carbons (Fsp3) is 0.429. The van der Waals surface area contributed by atoms with Gasteiger partial charge in [0.15, 0.2) is 5.13 Å². The Morgan fingerprint density at radius 3 is 3.00 bits per heavy atom. The van der Waals surface area contributed by atoms with Gasteiger partial charge in [-0.25, -0.2) is 4.98 Å². The van der Waals surface area contributed by atoms with Crippen LogP contribution < -0.4 is 9.64 Å². The van der Waals surface area contributed by atoms with Gasteiger partial charge in [0.1, 0.15) is 17.4 Å². The third-order valence-corrected chi connectivity index (χ3v) is 4.38. The number of aromatic nitrogens is 1. The van der Waals surface area contributed by atoms with E-state index in [1.807, 2.05) is 18.2 Å². The maximum Gasteiger partial charge on any atom is 0.305 e. The fourth-order valence-corrected chi connectivity index (χ4v) is 3.15. The van der Waals surface area contributed by atoms with Crippen molar-refractivity contribution in [1.29, 1.82) is 0 Å². The monoisotopic (exact) mass is 292 g/mol. The van der Waals surface area contributed by atoms with E-state index in [2.05, 4.69) is 9.88 Å². The van der Waals surface area contributed by atoms with Gasteiger partial charge in [-0.3, -0.25) is 4.79 Å². The van der Waals surface area contributed by atoms with E-state index in [1.54, 1.807) is 25.4 Å². The van der Waals surface area contributed by atoms with Crippen molar-refractivity contribution in [2.24, 2.45) is 0 Å². The molecule has 20 heavy (non-hydrogen) atoms. The Labute approximate surface area is 121 Å². The molecule has 2 aromatic rings. The number of thiazole rings is 1. The standard InChI is InChI=1S/C14H16N2O3S/c1-3-12(17)19-9-7-16(8-9)14-15-13-10(18-2)5-4-6-11(13)20-14/h4-6,9H,3,7-8H2,1-2H3. The SMILES string of the molecule is CCC(=O)OC1CN(c2nc3c(OC)cccc3s2)C1. The molecule has 1 saturated heterocycles. The molecule has 1 aromatic carbocycles. The summed E-state index contributed by atoms with van der Waals surface area (Å²) in [5.41, 5.74) is 0.893. The molecule has 0 radical (unpaired) electrons. The van der Waals surface area contributed by atoms with E-state index in [0.717, 1.165) is 21.1 Å². The van der Waals surface area contributed by atoms with Gasteiger partial charge in [-0.05, 0) is 12.1 Å². The van der Waals surface area contributed by atoms with E-state index >= 15 is 0 Å². The van der Waals surface area contributed by atoms with Crippen LogP contribution in [-0.2, 0) is 9.53 Å². The molecule has 6 heteroatoms. The number of anilines is 1. The summed E-state index contributed by atoms with van der Waals surface area (Å²) in [5, 5.41) is 0.952. The van der Waals surface area contributed by atoms with E-state index in [1.165, 1.54) is 0 Å². The largest absolute Gasteiger partial charge is 0.494 e. The van der Waals surface area contributed by atoms with Crippen LogP contribution in [0.25, 0.3) is 10.2 Å². The first-order chi connectivity index (χ1) is 9.71. The molecule has 1 aliphatic rings. The highest BCUT2D eigenvalue weighted by atomic mass is 32.1. The number of methoxy groups -OCH3 is 1. The molecule has 0 saturated carbocycles. The average Bonchev–Trinajstić information content (AvgIpc) is 2.84. The summed E-state index contributed by atoms with van der Waals surface area (Å²) in [6.07, 6.45) is 0.422. The van der Waals surface area contributed by atoms with E-state index in [-0.39, 0.29) is 12.1 Å². The molecule has 1 fully saturated rings. The number of hydrogen-bond donors (Lipinski definition) is 0. The maximum absolute atomic E-state index is 11.2. The van der Waals surface area contributed by atoms with Gasteiger partial charge in [0, 0.05) is 6.42 Å². The van der Waals surface area contributed by atoms with Crippen LogP contribution in [0.15, 0.2) is 18.2 Å². The van der Waals surface area contributed by atoms with Crippen LogP contribution in [0.5, 0.6) is 5.75 Å². The molecule has 0 unspecified atom stereocenters. The minimum Gasteiger partial charge on any atom is -0.494 e. The summed E-state index contributed by atoms with van der Waals surface area (Å²) in [5.74, 6) is 0.653. The van der Waals surface area contributed by atoms with Gasteiger partial charge in [0.25, 0.3) is 0 Å². The zero-order valence-electron chi connectivity index (χ0n) is 11.5. The molecule has 0 N–H and O–H groups in total. The highest BCUT2D eigenvalue weighted by Crippen LogP contribution is 2.35. The van der Waals surface area contributed by atoms with Crippen molar-refractivity contribution < 1.29 is 14.3 Å². The number of fused-ring (bicyclic) bond motifs is 1. The van der Waals surface area contributed by atoms with Crippen molar-refractivity contribution in [3.63, 3.8) is 0 Å². The van der Waals surface area contributed by atoms with Gasteiger partial charge in [-0.1, -0.05) is 24.3 Å². The third kappa shape index (κ3) is 2.31. The minimum atomic E-state index is -0.138. The molecule has 0 aliphatic carbocycles. The van der Waals surface area contributed by atoms with Crippen molar-refractivity contribution in [1.82, 2.24) is 4.98 Å². The Hall–Kier alpha value is -1.82. The topological polar surface area (TPSA) is 51.7 Å². The summed E-state index contributed by atoms with van der Waals surface area (Å²) >= 11 is 1.63. The van der Waals surface area contributed by atoms with Crippen molar-refractivity contribution in [3.8, 4) is 5.75 Å². The van der Waals surface area contributed by atoms with Gasteiger partial charge in [0.05, 0.1) is 24.9 Å². The zero-order chi connectivity index (χ0) is 14.1. The number of carbonyl (C=O) groups excluding carboxylic acids is 1. The van der Waals surface area contributed by atoms with Crippen LogP contribution in [0, 0.1) is 0 Å². The number of nitrogens with zero attached hydrogens (tertiary/aromatic N) is 2. The van der Waals surface area contributed by atoms with Gasteiger partial charge in [0.2, 0.25) is 0 Å². The molecule has 0 bridgehead atoms. The molecular formula is C14H16N2O3S. The number of carbonyl (C=O) groups is 1. The molecule has 0 amide bonds. The number of esters is 1. The number of ether oxygens (including phenoxy) is 2. The van der Waals surface area contributed by atoms with Crippen LogP contribution in [0.3, 0.4) is 0 Å². The van der Waals surface area contributed by atoms with Crippen LogP contribution in [0.2, 0.25) is 0 Å². The Morgan fingerprint density at radius 1 is 1.50 bits per heavy atom. The Bertz CT molecular complexity index is 634. The van der Waals surface area contributed by atoms with E-state index in [0.29, 0.717) is 19.5 Å². The lowest BCUT2D eigenvalue weighted by Crippen LogP contribution is -2.53. The lowest BCUT2D eigenvalue weighted by atomic mass is 10.2. The zero-order valence-corrected chi connectivity index (χ0v) is 12.3. The number of hydrogen-bond acceptors (Lipinski definition) is 6. The molecular weight excluding hydrogens is 276 g/mol. The van der Waals surface area contributed by atoms with E-state index in [9.17, 15) is 4.79 Å². The molecule has 0 spiro atoms. The lowest BCUT2D eigenvalue weighted by Gasteiger charge is -2.38. The fourth-order valence-electron chi connectivity index (χ4n) is 2.15. The molecule has 1 aliphatic heterocycles. The van der Waals surface area contributed by atoms with Gasteiger partial charge < -0.3 is 14.4 Å². The summed E-state index contributed by atoms with van der Waals surface area (Å²) in [6.45, 7) is 3.24. The predicted octanol–water partition coefficient (Wildman–Crippen LogP) is 2.45. The number of para-hydroxylation sites is 1. The van der Waals surface area contributed by atoms with Crippen molar-refractivity contribution in [2.45, 2.75) is 19.4 Å². The highest BCUT2D eigenvalue weighted by molar-refractivity contribution is 7.22. The number of benzene rings is 1.